The fraction of sp³-hybridized carbons (Fsp3) is 0.438. The predicted octanol–water partition coefficient (Wildman–Crippen LogP) is 1.33. The van der Waals surface area contributed by atoms with E-state index in [9.17, 15) is 4.79 Å². The molecule has 1 aromatic carbocycles. The van der Waals surface area contributed by atoms with Crippen molar-refractivity contribution in [3.05, 3.63) is 35.4 Å². The number of hydrogen-bond donors (Lipinski definition) is 2. The molecule has 1 unspecified atom stereocenters. The Hall–Kier alpha value is -1.83. The zero-order valence-electron chi connectivity index (χ0n) is 11.4. The lowest BCUT2D eigenvalue weighted by molar-refractivity contribution is 0.0624. The lowest BCUT2D eigenvalue weighted by Crippen LogP contribution is -2.40. The second-order valence-electron chi connectivity index (χ2n) is 4.74. The van der Waals surface area contributed by atoms with Gasteiger partial charge < -0.3 is 15.2 Å². The lowest BCUT2D eigenvalue weighted by atomic mass is 10.1. The predicted molar refractivity (Wildman–Crippen MR) is 76.3 cm³/mol. The van der Waals surface area contributed by atoms with Gasteiger partial charge in [-0.1, -0.05) is 17.9 Å². The van der Waals surface area contributed by atoms with Crippen molar-refractivity contribution in [3.8, 4) is 11.8 Å². The highest BCUT2D eigenvalue weighted by molar-refractivity contribution is 5.94. The summed E-state index contributed by atoms with van der Waals surface area (Å²) in [6, 6.07) is 7.31. The summed E-state index contributed by atoms with van der Waals surface area (Å²) in [5.74, 6) is 5.69. The molecule has 106 valence electrons. The van der Waals surface area contributed by atoms with Gasteiger partial charge in [0.2, 0.25) is 0 Å². The van der Waals surface area contributed by atoms with Crippen molar-refractivity contribution in [1.82, 2.24) is 5.32 Å². The molecule has 20 heavy (non-hydrogen) atoms. The van der Waals surface area contributed by atoms with E-state index in [-0.39, 0.29) is 18.6 Å². The standard InChI is InChI=1S/C16H19NO3/c18-9-2-1-5-13-6-3-7-14(11-13)16(19)17-15-8-4-10-20-12-15/h3,6-7,11,15,18H,2,4,8-10,12H2,(H,17,19). The fourth-order valence-electron chi connectivity index (χ4n) is 2.08. The SMILES string of the molecule is O=C(NC1CCCOC1)c1cccc(C#CCCO)c1. The van der Waals surface area contributed by atoms with Crippen molar-refractivity contribution >= 4 is 5.91 Å². The number of nitrogens with one attached hydrogen (secondary N) is 1. The van der Waals surface area contributed by atoms with Crippen molar-refractivity contribution in [2.45, 2.75) is 25.3 Å². The first-order chi connectivity index (χ1) is 9.79. The number of hydrogen-bond acceptors (Lipinski definition) is 3. The molecule has 1 aliphatic heterocycles. The van der Waals surface area contributed by atoms with Crippen LogP contribution in [0, 0.1) is 11.8 Å². The van der Waals surface area contributed by atoms with Gasteiger partial charge in [-0.15, -0.1) is 0 Å². The molecule has 1 atom stereocenters. The van der Waals surface area contributed by atoms with Crippen LogP contribution in [0.5, 0.6) is 0 Å². The number of aliphatic hydroxyl groups excluding tert-OH is 1. The molecule has 0 aliphatic carbocycles. The van der Waals surface area contributed by atoms with Gasteiger partial charge >= 0.3 is 0 Å². The average Bonchev–Trinajstić information content (AvgIpc) is 2.49. The van der Waals surface area contributed by atoms with E-state index in [0.29, 0.717) is 18.6 Å². The third kappa shape index (κ3) is 4.37. The van der Waals surface area contributed by atoms with Gasteiger partial charge in [0.05, 0.1) is 19.3 Å². The number of carbonyl (C=O) groups excluding carboxylic acids is 1. The van der Waals surface area contributed by atoms with Crippen molar-refractivity contribution in [1.29, 1.82) is 0 Å². The Morgan fingerprint density at radius 2 is 2.40 bits per heavy atom. The molecule has 1 fully saturated rings. The van der Waals surface area contributed by atoms with Crippen LogP contribution in [0.15, 0.2) is 24.3 Å². The van der Waals surface area contributed by atoms with E-state index in [1.54, 1.807) is 12.1 Å². The minimum absolute atomic E-state index is 0.0505. The first-order valence-electron chi connectivity index (χ1n) is 6.88. The first-order valence-corrected chi connectivity index (χ1v) is 6.88. The van der Waals surface area contributed by atoms with Gasteiger partial charge in [-0.2, -0.15) is 0 Å². The van der Waals surface area contributed by atoms with E-state index in [1.807, 2.05) is 12.1 Å². The molecular formula is C16H19NO3. The van der Waals surface area contributed by atoms with Crippen LogP contribution in [0.25, 0.3) is 0 Å². The Kier molecular flexibility index (Phi) is 5.60. The fourth-order valence-corrected chi connectivity index (χ4v) is 2.08. The van der Waals surface area contributed by atoms with Crippen LogP contribution in [0.1, 0.15) is 35.2 Å². The number of carbonyl (C=O) groups is 1. The maximum Gasteiger partial charge on any atom is 0.251 e. The second kappa shape index (κ2) is 7.68. The van der Waals surface area contributed by atoms with Crippen molar-refractivity contribution in [3.63, 3.8) is 0 Å². The maximum absolute atomic E-state index is 12.1. The molecule has 2 rings (SSSR count). The highest BCUT2D eigenvalue weighted by atomic mass is 16.5. The van der Waals surface area contributed by atoms with E-state index in [1.165, 1.54) is 0 Å². The molecule has 1 amide bonds. The molecule has 0 saturated carbocycles. The molecule has 2 N–H and O–H groups in total. The lowest BCUT2D eigenvalue weighted by Gasteiger charge is -2.23. The highest BCUT2D eigenvalue weighted by Crippen LogP contribution is 2.09. The third-order valence-electron chi connectivity index (χ3n) is 3.09. The quantitative estimate of drug-likeness (QED) is 0.817. The molecule has 1 heterocycles. The first kappa shape index (κ1) is 14.6. The van der Waals surface area contributed by atoms with E-state index in [4.69, 9.17) is 9.84 Å². The van der Waals surface area contributed by atoms with Crippen molar-refractivity contribution in [2.24, 2.45) is 0 Å². The van der Waals surface area contributed by atoms with Crippen LogP contribution < -0.4 is 5.32 Å². The topological polar surface area (TPSA) is 58.6 Å². The molecule has 0 radical (unpaired) electrons. The van der Waals surface area contributed by atoms with Gasteiger partial charge in [-0.05, 0) is 31.0 Å². The summed E-state index contributed by atoms with van der Waals surface area (Å²) < 4.78 is 5.35. The molecular weight excluding hydrogens is 254 g/mol. The zero-order valence-corrected chi connectivity index (χ0v) is 11.4. The van der Waals surface area contributed by atoms with Crippen molar-refractivity contribution < 1.29 is 14.6 Å². The molecule has 0 bridgehead atoms. The van der Waals surface area contributed by atoms with Gasteiger partial charge in [0.25, 0.3) is 5.91 Å². The van der Waals surface area contributed by atoms with E-state index >= 15 is 0 Å². The van der Waals surface area contributed by atoms with Crippen LogP contribution in [0.3, 0.4) is 0 Å². The second-order valence-corrected chi connectivity index (χ2v) is 4.74. The Labute approximate surface area is 119 Å². The maximum atomic E-state index is 12.1. The van der Waals surface area contributed by atoms with Gasteiger partial charge in [0, 0.05) is 24.2 Å². The molecule has 1 aromatic rings. The van der Waals surface area contributed by atoms with Crippen molar-refractivity contribution in [2.75, 3.05) is 19.8 Å². The van der Waals surface area contributed by atoms with E-state index in [2.05, 4.69) is 17.2 Å². The Morgan fingerprint density at radius 1 is 1.50 bits per heavy atom. The zero-order chi connectivity index (χ0) is 14.2. The Balaban J connectivity index is 1.99. The molecule has 4 nitrogen and oxygen atoms in total. The van der Waals surface area contributed by atoms with Gasteiger partial charge in [0.1, 0.15) is 0 Å². The summed E-state index contributed by atoms with van der Waals surface area (Å²) in [5.41, 5.74) is 1.39. The average molecular weight is 273 g/mol. The Morgan fingerprint density at radius 3 is 3.15 bits per heavy atom. The van der Waals surface area contributed by atoms with Crippen LogP contribution in [-0.2, 0) is 4.74 Å². The molecule has 1 saturated heterocycles. The summed E-state index contributed by atoms with van der Waals surface area (Å²) in [5, 5.41) is 11.7. The number of amides is 1. The molecule has 4 heteroatoms. The third-order valence-corrected chi connectivity index (χ3v) is 3.09. The summed E-state index contributed by atoms with van der Waals surface area (Å²) >= 11 is 0. The van der Waals surface area contributed by atoms with Crippen LogP contribution in [-0.4, -0.2) is 36.9 Å². The molecule has 0 aromatic heterocycles. The van der Waals surface area contributed by atoms with Gasteiger partial charge in [-0.25, -0.2) is 0 Å². The van der Waals surface area contributed by atoms with Crippen LogP contribution >= 0.6 is 0 Å². The number of ether oxygens (including phenoxy) is 1. The normalized spacial score (nSPS) is 17.9. The number of rotatable bonds is 3. The highest BCUT2D eigenvalue weighted by Gasteiger charge is 2.16. The van der Waals surface area contributed by atoms with Crippen LogP contribution in [0.2, 0.25) is 0 Å². The monoisotopic (exact) mass is 273 g/mol. The van der Waals surface area contributed by atoms with Gasteiger partial charge in [0.15, 0.2) is 0 Å². The number of benzene rings is 1. The largest absolute Gasteiger partial charge is 0.395 e. The summed E-state index contributed by atoms with van der Waals surface area (Å²) in [7, 11) is 0. The Bertz CT molecular complexity index is 510. The number of aliphatic hydroxyl groups is 1. The minimum Gasteiger partial charge on any atom is -0.395 e. The molecule has 1 aliphatic rings. The van der Waals surface area contributed by atoms with E-state index in [0.717, 1.165) is 25.0 Å². The van der Waals surface area contributed by atoms with Gasteiger partial charge in [-0.3, -0.25) is 4.79 Å². The summed E-state index contributed by atoms with van der Waals surface area (Å²) in [6.07, 6.45) is 2.38. The minimum atomic E-state index is -0.0914. The van der Waals surface area contributed by atoms with E-state index < -0.39 is 0 Å². The smallest absolute Gasteiger partial charge is 0.251 e. The summed E-state index contributed by atoms with van der Waals surface area (Å²) in [6.45, 7) is 1.42. The molecule has 0 spiro atoms. The summed E-state index contributed by atoms with van der Waals surface area (Å²) in [4.78, 5) is 12.1. The van der Waals surface area contributed by atoms with Crippen LogP contribution in [0.4, 0.5) is 0 Å².